The van der Waals surface area contributed by atoms with Crippen LogP contribution >= 0.6 is 0 Å². The summed E-state index contributed by atoms with van der Waals surface area (Å²) in [6.45, 7) is 0.626. The van der Waals surface area contributed by atoms with Crippen LogP contribution in [0.1, 0.15) is 24.8 Å². The van der Waals surface area contributed by atoms with Gasteiger partial charge in [0.05, 0.1) is 14.2 Å². The van der Waals surface area contributed by atoms with Gasteiger partial charge in [-0.05, 0) is 49.2 Å². The summed E-state index contributed by atoms with van der Waals surface area (Å²) in [6.07, 6.45) is 1.65. The molecule has 0 aliphatic carbocycles. The molecule has 1 aliphatic heterocycles. The Morgan fingerprint density at radius 3 is 2.69 bits per heavy atom. The molecular formula is C21H22N4O4. The van der Waals surface area contributed by atoms with E-state index in [1.54, 1.807) is 25.2 Å². The molecule has 4 rings (SSSR count). The lowest BCUT2D eigenvalue weighted by atomic mass is 10.2. The van der Waals surface area contributed by atoms with Crippen LogP contribution in [0, 0.1) is 0 Å². The van der Waals surface area contributed by atoms with Gasteiger partial charge in [-0.3, -0.25) is 0 Å². The van der Waals surface area contributed by atoms with Crippen LogP contribution in [0.4, 0.5) is 10.5 Å². The van der Waals surface area contributed by atoms with Crippen molar-refractivity contribution in [1.82, 2.24) is 15.0 Å². The topological polar surface area (TPSA) is 89.7 Å². The smallest absolute Gasteiger partial charge is 0.322 e. The number of hydrogen-bond donors (Lipinski definition) is 1. The third kappa shape index (κ3) is 4.01. The number of rotatable bonds is 5. The second kappa shape index (κ2) is 8.22. The maximum absolute atomic E-state index is 12.8. The number of nitrogens with one attached hydrogen (secondary N) is 1. The lowest BCUT2D eigenvalue weighted by molar-refractivity contribution is 0.193. The van der Waals surface area contributed by atoms with E-state index in [4.69, 9.17) is 14.0 Å². The molecule has 2 amide bonds. The van der Waals surface area contributed by atoms with Gasteiger partial charge in [0, 0.05) is 23.9 Å². The second-order valence-corrected chi connectivity index (χ2v) is 6.70. The van der Waals surface area contributed by atoms with Crippen molar-refractivity contribution in [1.29, 1.82) is 0 Å². The highest BCUT2D eigenvalue weighted by Crippen LogP contribution is 2.33. The summed E-state index contributed by atoms with van der Waals surface area (Å²) in [7, 11) is 3.21. The van der Waals surface area contributed by atoms with Gasteiger partial charge in [-0.1, -0.05) is 11.2 Å². The molecule has 1 fully saturated rings. The maximum atomic E-state index is 12.8. The monoisotopic (exact) mass is 394 g/mol. The fraction of sp³-hybridized carbons (Fsp3) is 0.286. The van der Waals surface area contributed by atoms with E-state index in [0.717, 1.165) is 24.2 Å². The number of carbonyl (C=O) groups excluding carboxylic acids is 1. The normalized spacial score (nSPS) is 15.9. The number of ether oxygens (including phenoxy) is 2. The number of methoxy groups -OCH3 is 2. The van der Waals surface area contributed by atoms with Gasteiger partial charge in [0.25, 0.3) is 0 Å². The van der Waals surface area contributed by atoms with Crippen LogP contribution < -0.4 is 14.8 Å². The first-order chi connectivity index (χ1) is 14.2. The zero-order chi connectivity index (χ0) is 20.2. The quantitative estimate of drug-likeness (QED) is 0.700. The Kier molecular flexibility index (Phi) is 5.33. The van der Waals surface area contributed by atoms with Crippen molar-refractivity contribution in [2.45, 2.75) is 18.9 Å². The lowest BCUT2D eigenvalue weighted by Gasteiger charge is -2.22. The predicted molar refractivity (Wildman–Crippen MR) is 107 cm³/mol. The van der Waals surface area contributed by atoms with Crippen molar-refractivity contribution in [2.75, 3.05) is 26.1 Å². The summed E-state index contributed by atoms with van der Waals surface area (Å²) >= 11 is 0. The number of nitrogens with zero attached hydrogens (tertiary/aromatic N) is 3. The predicted octanol–water partition coefficient (Wildman–Crippen LogP) is 4.12. The van der Waals surface area contributed by atoms with E-state index in [-0.39, 0.29) is 12.1 Å². The average molecular weight is 394 g/mol. The minimum absolute atomic E-state index is 0.204. The van der Waals surface area contributed by atoms with Crippen molar-refractivity contribution in [3.63, 3.8) is 0 Å². The molecule has 1 atom stereocenters. The van der Waals surface area contributed by atoms with Gasteiger partial charge in [-0.15, -0.1) is 0 Å². The lowest BCUT2D eigenvalue weighted by Crippen LogP contribution is -2.34. The van der Waals surface area contributed by atoms with Crippen molar-refractivity contribution >= 4 is 11.7 Å². The van der Waals surface area contributed by atoms with Gasteiger partial charge in [0.1, 0.15) is 17.5 Å². The van der Waals surface area contributed by atoms with Gasteiger partial charge in [-0.2, -0.15) is 4.98 Å². The highest BCUT2D eigenvalue weighted by atomic mass is 16.5. The zero-order valence-corrected chi connectivity index (χ0v) is 16.3. The Hall–Kier alpha value is -3.55. The van der Waals surface area contributed by atoms with Gasteiger partial charge in [0.2, 0.25) is 11.7 Å². The van der Waals surface area contributed by atoms with E-state index in [1.165, 1.54) is 0 Å². The molecule has 150 valence electrons. The number of aromatic nitrogens is 2. The molecule has 3 aromatic rings. The highest BCUT2D eigenvalue weighted by Gasteiger charge is 2.34. The Bertz CT molecular complexity index is 986. The van der Waals surface area contributed by atoms with Gasteiger partial charge < -0.3 is 24.2 Å². The molecule has 1 aromatic heterocycles. The Morgan fingerprint density at radius 2 is 1.93 bits per heavy atom. The van der Waals surface area contributed by atoms with Crippen LogP contribution in [-0.2, 0) is 0 Å². The molecule has 2 aromatic carbocycles. The molecule has 0 bridgehead atoms. The minimum Gasteiger partial charge on any atom is -0.497 e. The van der Waals surface area contributed by atoms with Gasteiger partial charge >= 0.3 is 6.03 Å². The summed E-state index contributed by atoms with van der Waals surface area (Å²) in [5.74, 6) is 2.37. The van der Waals surface area contributed by atoms with E-state index < -0.39 is 0 Å². The molecule has 29 heavy (non-hydrogen) atoms. The molecule has 0 spiro atoms. The van der Waals surface area contributed by atoms with E-state index in [9.17, 15) is 4.79 Å². The molecule has 2 heterocycles. The number of likely N-dealkylation sites (tertiary alicyclic amines) is 1. The number of amides is 2. The van der Waals surface area contributed by atoms with Crippen molar-refractivity contribution in [3.05, 3.63) is 54.4 Å². The summed E-state index contributed by atoms with van der Waals surface area (Å²) in [5, 5.41) is 7.00. The standard InChI is InChI=1S/C21H22N4O4/c1-27-16-10-8-14(9-11-16)19-23-20(29-24-19)18-7-4-12-25(18)21(26)22-15-5-3-6-17(13-15)28-2/h3,5-6,8-11,13,18H,4,7,12H2,1-2H3,(H,22,26). The van der Waals surface area contributed by atoms with Gasteiger partial charge in [-0.25, -0.2) is 4.79 Å². The van der Waals surface area contributed by atoms with E-state index >= 15 is 0 Å². The molecule has 0 saturated carbocycles. The Labute approximate surface area is 168 Å². The molecule has 8 nitrogen and oxygen atoms in total. The number of hydrogen-bond acceptors (Lipinski definition) is 6. The summed E-state index contributed by atoms with van der Waals surface area (Å²) < 4.78 is 15.9. The van der Waals surface area contributed by atoms with Crippen LogP contribution in [0.25, 0.3) is 11.4 Å². The number of carbonyl (C=O) groups is 1. The van der Waals surface area contributed by atoms with E-state index in [0.29, 0.717) is 29.7 Å². The van der Waals surface area contributed by atoms with Crippen LogP contribution in [-0.4, -0.2) is 41.8 Å². The summed E-state index contributed by atoms with van der Waals surface area (Å²) in [4.78, 5) is 19.1. The molecule has 1 N–H and O–H groups in total. The van der Waals surface area contributed by atoms with Crippen molar-refractivity contribution in [2.24, 2.45) is 0 Å². The van der Waals surface area contributed by atoms with E-state index in [2.05, 4.69) is 15.5 Å². The average Bonchev–Trinajstić information content (AvgIpc) is 3.43. The first-order valence-corrected chi connectivity index (χ1v) is 9.37. The fourth-order valence-corrected chi connectivity index (χ4v) is 3.39. The van der Waals surface area contributed by atoms with Crippen LogP contribution in [0.2, 0.25) is 0 Å². The van der Waals surface area contributed by atoms with Crippen LogP contribution in [0.3, 0.4) is 0 Å². The van der Waals surface area contributed by atoms with Crippen LogP contribution in [0.15, 0.2) is 53.1 Å². The summed E-state index contributed by atoms with van der Waals surface area (Å²) in [6, 6.07) is 14.2. The third-order valence-electron chi connectivity index (χ3n) is 4.91. The number of anilines is 1. The van der Waals surface area contributed by atoms with Crippen LogP contribution in [0.5, 0.6) is 11.5 Å². The van der Waals surface area contributed by atoms with Gasteiger partial charge in [0.15, 0.2) is 0 Å². The molecule has 1 unspecified atom stereocenters. The molecule has 8 heteroatoms. The van der Waals surface area contributed by atoms with E-state index in [1.807, 2.05) is 42.5 Å². The minimum atomic E-state index is -0.250. The fourth-order valence-electron chi connectivity index (χ4n) is 3.39. The summed E-state index contributed by atoms with van der Waals surface area (Å²) in [5.41, 5.74) is 1.50. The highest BCUT2D eigenvalue weighted by molar-refractivity contribution is 5.90. The molecule has 1 aliphatic rings. The largest absolute Gasteiger partial charge is 0.497 e. The number of urea groups is 1. The Morgan fingerprint density at radius 1 is 1.14 bits per heavy atom. The van der Waals surface area contributed by atoms with Crippen molar-refractivity contribution < 1.29 is 18.8 Å². The molecule has 1 saturated heterocycles. The first-order valence-electron chi connectivity index (χ1n) is 9.37. The Balaban J connectivity index is 1.49. The number of benzene rings is 2. The first kappa shape index (κ1) is 18.8. The third-order valence-corrected chi connectivity index (χ3v) is 4.91. The maximum Gasteiger partial charge on any atom is 0.322 e. The van der Waals surface area contributed by atoms with Crippen molar-refractivity contribution in [3.8, 4) is 22.9 Å². The second-order valence-electron chi connectivity index (χ2n) is 6.70. The SMILES string of the molecule is COc1ccc(-c2noc(C3CCCN3C(=O)Nc3cccc(OC)c3)n2)cc1. The molecule has 0 radical (unpaired) electrons. The zero-order valence-electron chi connectivity index (χ0n) is 16.3. The molecular weight excluding hydrogens is 372 g/mol.